The number of hydrogen-bond donors (Lipinski definition) is 3. The predicted molar refractivity (Wildman–Crippen MR) is 74.6 cm³/mol. The van der Waals surface area contributed by atoms with Crippen LogP contribution in [0.2, 0.25) is 5.02 Å². The number of anilines is 1. The summed E-state index contributed by atoms with van der Waals surface area (Å²) in [6.45, 7) is 1.63. The quantitative estimate of drug-likeness (QED) is 0.778. The number of benzene rings is 1. The molecule has 3 N–H and O–H groups in total. The average Bonchev–Trinajstić information content (AvgIpc) is 2.30. The van der Waals surface area contributed by atoms with E-state index in [0.29, 0.717) is 10.7 Å². The first kappa shape index (κ1) is 16.0. The Morgan fingerprint density at radius 2 is 1.80 bits per heavy atom. The van der Waals surface area contributed by atoms with Crippen molar-refractivity contribution in [2.75, 3.05) is 5.32 Å². The highest BCUT2D eigenvalue weighted by Crippen LogP contribution is 2.13. The van der Waals surface area contributed by atoms with Gasteiger partial charge in [-0.15, -0.1) is 0 Å². The Morgan fingerprint density at radius 3 is 2.35 bits per heavy atom. The van der Waals surface area contributed by atoms with Crippen molar-refractivity contribution in [3.63, 3.8) is 0 Å². The molecule has 0 saturated carbocycles. The maximum atomic E-state index is 11.5. The van der Waals surface area contributed by atoms with Crippen LogP contribution >= 0.6 is 11.6 Å². The Hall–Kier alpha value is -2.08. The molecule has 7 heteroatoms. The van der Waals surface area contributed by atoms with Crippen LogP contribution in [-0.4, -0.2) is 23.0 Å². The van der Waals surface area contributed by atoms with Gasteiger partial charge in [-0.25, -0.2) is 4.79 Å². The number of nitrogens with one attached hydrogen (secondary N) is 2. The summed E-state index contributed by atoms with van der Waals surface area (Å²) in [4.78, 5) is 33.5. The third-order valence-corrected chi connectivity index (χ3v) is 2.66. The minimum atomic E-state index is -0.976. The molecule has 6 nitrogen and oxygen atoms in total. The van der Waals surface area contributed by atoms with Gasteiger partial charge in [-0.1, -0.05) is 18.5 Å². The molecule has 1 aromatic carbocycles. The van der Waals surface area contributed by atoms with Crippen molar-refractivity contribution >= 4 is 35.2 Å². The number of carbonyl (C=O) groups is 3. The molecule has 3 amide bonds. The van der Waals surface area contributed by atoms with Crippen molar-refractivity contribution in [3.05, 3.63) is 29.3 Å². The topological polar surface area (TPSA) is 95.5 Å². The lowest BCUT2D eigenvalue weighted by Gasteiger charge is -2.09. The van der Waals surface area contributed by atoms with Crippen molar-refractivity contribution < 1.29 is 19.5 Å². The Labute approximate surface area is 121 Å². The van der Waals surface area contributed by atoms with Gasteiger partial charge in [0.25, 0.3) is 0 Å². The number of amides is 3. The van der Waals surface area contributed by atoms with E-state index in [-0.39, 0.29) is 18.8 Å². The number of imide groups is 1. The van der Waals surface area contributed by atoms with E-state index in [9.17, 15) is 14.4 Å². The number of aliphatic carboxylic acids is 1. The van der Waals surface area contributed by atoms with Gasteiger partial charge < -0.3 is 10.4 Å². The molecule has 0 saturated heterocycles. The van der Waals surface area contributed by atoms with Crippen LogP contribution < -0.4 is 10.6 Å². The molecule has 0 aromatic heterocycles. The summed E-state index contributed by atoms with van der Waals surface area (Å²) in [7, 11) is 0. The predicted octanol–water partition coefficient (Wildman–Crippen LogP) is 2.49. The highest BCUT2D eigenvalue weighted by atomic mass is 35.5. The van der Waals surface area contributed by atoms with Gasteiger partial charge in [0.1, 0.15) is 0 Å². The molecule has 1 unspecified atom stereocenters. The summed E-state index contributed by atoms with van der Waals surface area (Å²) >= 11 is 5.70. The normalized spacial score (nSPS) is 11.5. The van der Waals surface area contributed by atoms with Crippen molar-refractivity contribution in [2.45, 2.75) is 19.8 Å². The highest BCUT2D eigenvalue weighted by Gasteiger charge is 2.14. The SMILES string of the molecule is CC(CC(=O)O)CC(=O)NC(=O)Nc1ccc(Cl)cc1. The van der Waals surface area contributed by atoms with E-state index >= 15 is 0 Å². The lowest BCUT2D eigenvalue weighted by molar-refractivity contribution is -0.138. The Morgan fingerprint density at radius 1 is 1.20 bits per heavy atom. The van der Waals surface area contributed by atoms with Gasteiger partial charge in [-0.05, 0) is 30.2 Å². The zero-order valence-electron chi connectivity index (χ0n) is 10.9. The van der Waals surface area contributed by atoms with Crippen LogP contribution in [-0.2, 0) is 9.59 Å². The number of carboxylic acids is 1. The van der Waals surface area contributed by atoms with E-state index in [1.807, 2.05) is 0 Å². The van der Waals surface area contributed by atoms with Gasteiger partial charge in [0, 0.05) is 23.6 Å². The molecule has 0 spiro atoms. The molecule has 0 fully saturated rings. The van der Waals surface area contributed by atoms with Crippen LogP contribution in [0.15, 0.2) is 24.3 Å². The summed E-state index contributed by atoms with van der Waals surface area (Å²) in [6, 6.07) is 5.74. The van der Waals surface area contributed by atoms with Crippen LogP contribution in [0.1, 0.15) is 19.8 Å². The van der Waals surface area contributed by atoms with E-state index < -0.39 is 17.9 Å². The third-order valence-electron chi connectivity index (χ3n) is 2.41. The third kappa shape index (κ3) is 6.19. The molecule has 1 rings (SSSR count). The first-order chi connectivity index (χ1) is 9.36. The fourth-order valence-electron chi connectivity index (χ4n) is 1.56. The van der Waals surface area contributed by atoms with Crippen LogP contribution in [0.3, 0.4) is 0 Å². The second-order valence-electron chi connectivity index (χ2n) is 4.42. The summed E-state index contributed by atoms with van der Waals surface area (Å²) in [5, 5.41) is 13.7. The smallest absolute Gasteiger partial charge is 0.325 e. The maximum absolute atomic E-state index is 11.5. The van der Waals surface area contributed by atoms with Crippen molar-refractivity contribution in [1.82, 2.24) is 5.32 Å². The summed E-state index contributed by atoms with van der Waals surface area (Å²) in [5.74, 6) is -1.84. The molecule has 20 heavy (non-hydrogen) atoms. The van der Waals surface area contributed by atoms with Crippen LogP contribution in [0, 0.1) is 5.92 Å². The molecule has 108 valence electrons. The van der Waals surface area contributed by atoms with E-state index in [1.54, 1.807) is 31.2 Å². The summed E-state index contributed by atoms with van der Waals surface area (Å²) < 4.78 is 0. The fraction of sp³-hybridized carbons (Fsp3) is 0.308. The van der Waals surface area contributed by atoms with Gasteiger partial charge in [0.15, 0.2) is 0 Å². The number of halogens is 1. The number of urea groups is 1. The van der Waals surface area contributed by atoms with Gasteiger partial charge >= 0.3 is 12.0 Å². The molecule has 0 aliphatic rings. The van der Waals surface area contributed by atoms with Gasteiger partial charge in [-0.2, -0.15) is 0 Å². The maximum Gasteiger partial charge on any atom is 0.325 e. The van der Waals surface area contributed by atoms with Gasteiger partial charge in [0.05, 0.1) is 0 Å². The number of hydrogen-bond acceptors (Lipinski definition) is 3. The number of carbonyl (C=O) groups excluding carboxylic acids is 2. The van der Waals surface area contributed by atoms with E-state index in [0.717, 1.165) is 0 Å². The zero-order valence-corrected chi connectivity index (χ0v) is 11.6. The largest absolute Gasteiger partial charge is 0.481 e. The van der Waals surface area contributed by atoms with Crippen LogP contribution in [0.25, 0.3) is 0 Å². The lowest BCUT2D eigenvalue weighted by atomic mass is 10.0. The number of carboxylic acid groups (broad SMARTS) is 1. The summed E-state index contributed by atoms with van der Waals surface area (Å²) in [5.41, 5.74) is 0.498. The second-order valence-corrected chi connectivity index (χ2v) is 4.85. The Kier molecular flexibility index (Phi) is 5.99. The molecule has 0 bridgehead atoms. The minimum absolute atomic E-state index is 0.0274. The molecular weight excluding hydrogens is 284 g/mol. The Bertz CT molecular complexity index is 502. The van der Waals surface area contributed by atoms with Crippen molar-refractivity contribution in [2.24, 2.45) is 5.92 Å². The molecule has 0 heterocycles. The highest BCUT2D eigenvalue weighted by molar-refractivity contribution is 6.30. The molecular formula is C13H15ClN2O4. The fourth-order valence-corrected chi connectivity index (χ4v) is 1.69. The van der Waals surface area contributed by atoms with Crippen LogP contribution in [0.5, 0.6) is 0 Å². The Balaban J connectivity index is 2.40. The number of rotatable bonds is 5. The monoisotopic (exact) mass is 298 g/mol. The summed E-state index contributed by atoms with van der Waals surface area (Å²) in [6.07, 6.45) is -0.146. The first-order valence-electron chi connectivity index (χ1n) is 5.95. The first-order valence-corrected chi connectivity index (χ1v) is 6.33. The zero-order chi connectivity index (χ0) is 15.1. The standard InChI is InChI=1S/C13H15ClN2O4/c1-8(7-12(18)19)6-11(17)16-13(20)15-10-4-2-9(14)3-5-10/h2-5,8H,6-7H2,1H3,(H,18,19)(H2,15,16,17,20). The van der Waals surface area contributed by atoms with E-state index in [2.05, 4.69) is 10.6 Å². The van der Waals surface area contributed by atoms with Crippen molar-refractivity contribution in [1.29, 1.82) is 0 Å². The second kappa shape index (κ2) is 7.49. The van der Waals surface area contributed by atoms with Gasteiger partial charge in [0.2, 0.25) is 5.91 Å². The molecule has 0 radical (unpaired) electrons. The van der Waals surface area contributed by atoms with E-state index in [1.165, 1.54) is 0 Å². The van der Waals surface area contributed by atoms with Crippen molar-refractivity contribution in [3.8, 4) is 0 Å². The molecule has 1 atom stereocenters. The molecule has 1 aromatic rings. The molecule has 0 aliphatic heterocycles. The van der Waals surface area contributed by atoms with E-state index in [4.69, 9.17) is 16.7 Å². The van der Waals surface area contributed by atoms with Gasteiger partial charge in [-0.3, -0.25) is 14.9 Å². The lowest BCUT2D eigenvalue weighted by Crippen LogP contribution is -2.35. The molecule has 0 aliphatic carbocycles. The minimum Gasteiger partial charge on any atom is -0.481 e. The van der Waals surface area contributed by atoms with Crippen LogP contribution in [0.4, 0.5) is 10.5 Å². The average molecular weight is 299 g/mol.